The number of pyridine rings is 2. The lowest BCUT2D eigenvalue weighted by Gasteiger charge is -2.24. The van der Waals surface area contributed by atoms with E-state index in [9.17, 15) is 4.79 Å². The van der Waals surface area contributed by atoms with Gasteiger partial charge in [0.05, 0.1) is 23.4 Å². The summed E-state index contributed by atoms with van der Waals surface area (Å²) in [4.78, 5) is 24.5. The normalized spacial score (nSPS) is 11.4. The summed E-state index contributed by atoms with van der Waals surface area (Å²) in [7, 11) is 0. The minimum atomic E-state index is -0.0846. The first kappa shape index (κ1) is 22.8. The minimum Gasteiger partial charge on any atom is -0.323 e. The molecule has 5 heteroatoms. The van der Waals surface area contributed by atoms with E-state index in [4.69, 9.17) is 0 Å². The highest BCUT2D eigenvalue weighted by atomic mass is 16.2. The van der Waals surface area contributed by atoms with E-state index < -0.39 is 0 Å². The van der Waals surface area contributed by atoms with Crippen LogP contribution in [0.4, 0.5) is 5.69 Å². The number of hydrogen-bond donors (Lipinski definition) is 1. The molecule has 5 nitrogen and oxygen atoms in total. The maximum atomic E-state index is 13.4. The van der Waals surface area contributed by atoms with Crippen LogP contribution in [0.1, 0.15) is 11.3 Å². The zero-order chi connectivity index (χ0) is 25.0. The summed E-state index contributed by atoms with van der Waals surface area (Å²) in [5.41, 5.74) is 3.64. The lowest BCUT2D eigenvalue weighted by atomic mass is 9.96. The predicted molar refractivity (Wildman–Crippen MR) is 150 cm³/mol. The molecule has 1 amide bonds. The van der Waals surface area contributed by atoms with Crippen molar-refractivity contribution in [2.24, 2.45) is 0 Å². The number of carbonyl (C=O) groups excluding carboxylic acids is 1. The van der Waals surface area contributed by atoms with Crippen LogP contribution in [0.5, 0.6) is 0 Å². The van der Waals surface area contributed by atoms with E-state index in [2.05, 4.69) is 74.8 Å². The second-order valence-electron chi connectivity index (χ2n) is 9.19. The van der Waals surface area contributed by atoms with Gasteiger partial charge in [0.2, 0.25) is 5.91 Å². The minimum absolute atomic E-state index is 0.0846. The number of nitrogens with zero attached hydrogens (tertiary/aromatic N) is 3. The summed E-state index contributed by atoms with van der Waals surface area (Å²) in [5.74, 6) is -0.0846. The topological polar surface area (TPSA) is 58.1 Å². The third-order valence-corrected chi connectivity index (χ3v) is 6.65. The van der Waals surface area contributed by atoms with E-state index in [-0.39, 0.29) is 12.5 Å². The molecule has 0 saturated heterocycles. The van der Waals surface area contributed by atoms with Gasteiger partial charge >= 0.3 is 0 Å². The molecule has 2 aromatic heterocycles. The van der Waals surface area contributed by atoms with Crippen molar-refractivity contribution in [3.63, 3.8) is 0 Å². The molecule has 0 radical (unpaired) electrons. The lowest BCUT2D eigenvalue weighted by molar-refractivity contribution is -0.117. The van der Waals surface area contributed by atoms with Crippen molar-refractivity contribution < 1.29 is 4.79 Å². The standard InChI is InChI=1S/C32H26N4O/c37-31(35-30-16-7-11-23-12-8-18-34-32(23)30)22-36(20-26-13-5-6-17-33-26)21-29-27-14-3-1-9-24(27)19-25-10-2-4-15-28(25)29/h1-19H,20-22H2,(H,35,37). The number of amides is 1. The molecular formula is C32H26N4O. The molecule has 0 atom stereocenters. The quantitative estimate of drug-likeness (QED) is 0.261. The van der Waals surface area contributed by atoms with Gasteiger partial charge in [0.25, 0.3) is 0 Å². The molecule has 0 aliphatic carbocycles. The molecular weight excluding hydrogens is 456 g/mol. The van der Waals surface area contributed by atoms with Gasteiger partial charge in [-0.05, 0) is 57.4 Å². The number of aromatic nitrogens is 2. The smallest absolute Gasteiger partial charge is 0.238 e. The number of anilines is 1. The van der Waals surface area contributed by atoms with Crippen LogP contribution in [-0.4, -0.2) is 27.3 Å². The summed E-state index contributed by atoms with van der Waals surface area (Å²) in [6, 6.07) is 34.8. The number of rotatable bonds is 7. The molecule has 2 heterocycles. The van der Waals surface area contributed by atoms with Crippen LogP contribution in [-0.2, 0) is 17.9 Å². The molecule has 6 rings (SSSR count). The fourth-order valence-electron chi connectivity index (χ4n) is 4.99. The van der Waals surface area contributed by atoms with E-state index in [1.165, 1.54) is 27.1 Å². The summed E-state index contributed by atoms with van der Waals surface area (Å²) >= 11 is 0. The molecule has 0 bridgehead atoms. The zero-order valence-electron chi connectivity index (χ0n) is 20.3. The van der Waals surface area contributed by atoms with E-state index in [1.54, 1.807) is 12.4 Å². The van der Waals surface area contributed by atoms with Gasteiger partial charge in [0, 0.05) is 30.9 Å². The van der Waals surface area contributed by atoms with Crippen molar-refractivity contribution in [2.45, 2.75) is 13.1 Å². The molecule has 0 unspecified atom stereocenters. The third kappa shape index (κ3) is 4.90. The lowest BCUT2D eigenvalue weighted by Crippen LogP contribution is -2.33. The zero-order valence-corrected chi connectivity index (χ0v) is 20.3. The third-order valence-electron chi connectivity index (χ3n) is 6.65. The number of fused-ring (bicyclic) bond motifs is 3. The van der Waals surface area contributed by atoms with Crippen LogP contribution in [0.25, 0.3) is 32.4 Å². The van der Waals surface area contributed by atoms with Crippen LogP contribution < -0.4 is 5.32 Å². The molecule has 4 aromatic carbocycles. The summed E-state index contributed by atoms with van der Waals surface area (Å²) in [5, 5.41) is 8.88. The van der Waals surface area contributed by atoms with E-state index >= 15 is 0 Å². The molecule has 180 valence electrons. The van der Waals surface area contributed by atoms with Gasteiger partial charge in [0.15, 0.2) is 0 Å². The molecule has 0 spiro atoms. The Morgan fingerprint density at radius 2 is 1.35 bits per heavy atom. The van der Waals surface area contributed by atoms with Crippen molar-refractivity contribution in [1.82, 2.24) is 14.9 Å². The largest absolute Gasteiger partial charge is 0.323 e. The first-order valence-corrected chi connectivity index (χ1v) is 12.4. The predicted octanol–water partition coefficient (Wildman–Crippen LogP) is 6.58. The van der Waals surface area contributed by atoms with Crippen LogP contribution >= 0.6 is 0 Å². The molecule has 1 N–H and O–H groups in total. The van der Waals surface area contributed by atoms with Crippen molar-refractivity contribution in [3.8, 4) is 0 Å². The van der Waals surface area contributed by atoms with Gasteiger partial charge in [-0.25, -0.2) is 0 Å². The van der Waals surface area contributed by atoms with E-state index in [0.29, 0.717) is 13.1 Å². The number of carbonyl (C=O) groups is 1. The molecule has 0 fully saturated rings. The van der Waals surface area contributed by atoms with Crippen LogP contribution in [0, 0.1) is 0 Å². The average molecular weight is 483 g/mol. The SMILES string of the molecule is O=C(CN(Cc1ccccn1)Cc1c2ccccc2cc2ccccc12)Nc1cccc2cccnc12. The Labute approximate surface area is 215 Å². The molecule has 0 aliphatic heterocycles. The van der Waals surface area contributed by atoms with Crippen molar-refractivity contribution in [2.75, 3.05) is 11.9 Å². The van der Waals surface area contributed by atoms with Crippen LogP contribution in [0.2, 0.25) is 0 Å². The van der Waals surface area contributed by atoms with Crippen molar-refractivity contribution in [3.05, 3.63) is 127 Å². The fourth-order valence-corrected chi connectivity index (χ4v) is 4.99. The van der Waals surface area contributed by atoms with E-state index in [0.717, 1.165) is 22.3 Å². The van der Waals surface area contributed by atoms with Gasteiger partial charge in [-0.2, -0.15) is 0 Å². The Kier molecular flexibility index (Phi) is 6.28. The Balaban J connectivity index is 1.35. The van der Waals surface area contributed by atoms with Crippen molar-refractivity contribution >= 4 is 44.0 Å². The summed E-state index contributed by atoms with van der Waals surface area (Å²) in [6.45, 7) is 1.39. The number of hydrogen-bond acceptors (Lipinski definition) is 4. The second-order valence-corrected chi connectivity index (χ2v) is 9.19. The molecule has 0 aliphatic rings. The first-order valence-electron chi connectivity index (χ1n) is 12.4. The van der Waals surface area contributed by atoms with Crippen LogP contribution in [0.15, 0.2) is 116 Å². The molecule has 6 aromatic rings. The fraction of sp³-hybridized carbons (Fsp3) is 0.0938. The van der Waals surface area contributed by atoms with E-state index in [1.807, 2.05) is 48.5 Å². The second kappa shape index (κ2) is 10.2. The van der Waals surface area contributed by atoms with Gasteiger partial charge < -0.3 is 5.32 Å². The van der Waals surface area contributed by atoms with Gasteiger partial charge in [-0.3, -0.25) is 19.7 Å². The van der Waals surface area contributed by atoms with Gasteiger partial charge in [-0.15, -0.1) is 0 Å². The monoisotopic (exact) mass is 482 g/mol. The maximum Gasteiger partial charge on any atom is 0.238 e. The summed E-state index contributed by atoms with van der Waals surface area (Å²) < 4.78 is 0. The maximum absolute atomic E-state index is 13.4. The summed E-state index contributed by atoms with van der Waals surface area (Å²) in [6.07, 6.45) is 3.54. The van der Waals surface area contributed by atoms with Gasteiger partial charge in [-0.1, -0.05) is 72.8 Å². The average Bonchev–Trinajstić information content (AvgIpc) is 2.93. The molecule has 0 saturated carbocycles. The Bertz CT molecular complexity index is 1660. The van der Waals surface area contributed by atoms with Gasteiger partial charge in [0.1, 0.15) is 0 Å². The van der Waals surface area contributed by atoms with Crippen LogP contribution in [0.3, 0.4) is 0 Å². The first-order chi connectivity index (χ1) is 18.2. The number of para-hydroxylation sites is 1. The Morgan fingerprint density at radius 1 is 0.676 bits per heavy atom. The molecule has 37 heavy (non-hydrogen) atoms. The number of benzene rings is 4. The highest BCUT2D eigenvalue weighted by molar-refractivity contribution is 6.03. The number of nitrogens with one attached hydrogen (secondary N) is 1. The Hall–Kier alpha value is -4.61. The van der Waals surface area contributed by atoms with Crippen molar-refractivity contribution in [1.29, 1.82) is 0 Å². The highest BCUT2D eigenvalue weighted by Crippen LogP contribution is 2.30. The highest BCUT2D eigenvalue weighted by Gasteiger charge is 2.17. The Morgan fingerprint density at radius 3 is 2.11 bits per heavy atom.